The van der Waals surface area contributed by atoms with E-state index in [1.165, 1.54) is 0 Å². The molecule has 96 valence electrons. The molecule has 0 fully saturated rings. The lowest BCUT2D eigenvalue weighted by Crippen LogP contribution is -2.46. The first-order valence-corrected chi connectivity index (χ1v) is 5.99. The summed E-state index contributed by atoms with van der Waals surface area (Å²) in [5, 5.41) is 0. The fourth-order valence-corrected chi connectivity index (χ4v) is 1.91. The van der Waals surface area contributed by atoms with Crippen molar-refractivity contribution >= 4 is 5.82 Å². The Kier molecular flexibility index (Phi) is 5.90. The minimum atomic E-state index is 0.0850. The van der Waals surface area contributed by atoms with Gasteiger partial charge in [-0.1, -0.05) is 6.92 Å². The maximum atomic E-state index is 5.66. The minimum Gasteiger partial charge on any atom is -0.384 e. The monoisotopic (exact) mass is 238 g/mol. The van der Waals surface area contributed by atoms with Crippen LogP contribution in [-0.2, 0) is 11.2 Å². The quantitative estimate of drug-likeness (QED) is 0.484. The molecule has 5 N–H and O–H groups in total. The number of nitrogens with one attached hydrogen (secondary N) is 1. The molecular weight excluding hydrogens is 216 g/mol. The molecule has 5 nitrogen and oxygen atoms in total. The van der Waals surface area contributed by atoms with E-state index in [2.05, 4.69) is 17.3 Å². The van der Waals surface area contributed by atoms with Crippen LogP contribution in [0.5, 0.6) is 0 Å². The number of pyridine rings is 1. The average molecular weight is 238 g/mol. The van der Waals surface area contributed by atoms with Crippen molar-refractivity contribution in [2.75, 3.05) is 12.3 Å². The van der Waals surface area contributed by atoms with Crippen LogP contribution in [0.1, 0.15) is 25.8 Å². The van der Waals surface area contributed by atoms with Crippen LogP contribution >= 0.6 is 0 Å². The summed E-state index contributed by atoms with van der Waals surface area (Å²) in [5.41, 5.74) is 9.58. The van der Waals surface area contributed by atoms with Gasteiger partial charge < -0.3 is 10.5 Å². The van der Waals surface area contributed by atoms with Gasteiger partial charge in [-0.25, -0.2) is 4.98 Å². The number of nitrogens with zero attached hydrogens (tertiary/aromatic N) is 1. The Labute approximate surface area is 103 Å². The zero-order chi connectivity index (χ0) is 12.7. The summed E-state index contributed by atoms with van der Waals surface area (Å²) in [4.78, 5) is 3.97. The van der Waals surface area contributed by atoms with Crippen molar-refractivity contribution in [3.63, 3.8) is 0 Å². The van der Waals surface area contributed by atoms with Gasteiger partial charge in [-0.3, -0.25) is 11.3 Å². The highest BCUT2D eigenvalue weighted by Gasteiger charge is 2.19. The largest absolute Gasteiger partial charge is 0.384 e. The van der Waals surface area contributed by atoms with Gasteiger partial charge in [0, 0.05) is 12.8 Å². The third-order valence-electron chi connectivity index (χ3n) is 2.75. The lowest BCUT2D eigenvalue weighted by atomic mass is 10.0. The second-order valence-corrected chi connectivity index (χ2v) is 3.97. The van der Waals surface area contributed by atoms with Crippen molar-refractivity contribution in [3.05, 3.63) is 23.9 Å². The van der Waals surface area contributed by atoms with E-state index in [0.29, 0.717) is 12.4 Å². The number of aromatic nitrogens is 1. The first kappa shape index (κ1) is 13.9. The molecule has 1 heterocycles. The van der Waals surface area contributed by atoms with Gasteiger partial charge in [0.15, 0.2) is 0 Å². The standard InChI is InChI=1S/C12H22N4O/c1-3-11(17-4-2)10(16-14)7-9-5-6-15-12(13)8-9/h5-6,8,10-11,16H,3-4,7,14H2,1-2H3,(H2,13,15). The molecular formula is C12H22N4O. The van der Waals surface area contributed by atoms with E-state index in [1.807, 2.05) is 19.1 Å². The zero-order valence-electron chi connectivity index (χ0n) is 10.5. The van der Waals surface area contributed by atoms with Crippen LogP contribution in [0.25, 0.3) is 0 Å². The van der Waals surface area contributed by atoms with Crippen LogP contribution in [0.15, 0.2) is 18.3 Å². The molecule has 5 heteroatoms. The molecule has 0 aromatic carbocycles. The van der Waals surface area contributed by atoms with E-state index in [1.54, 1.807) is 6.20 Å². The normalized spacial score (nSPS) is 14.5. The maximum absolute atomic E-state index is 5.66. The van der Waals surface area contributed by atoms with Crippen LogP contribution in [0.4, 0.5) is 5.82 Å². The number of rotatable bonds is 7. The van der Waals surface area contributed by atoms with E-state index in [9.17, 15) is 0 Å². The minimum absolute atomic E-state index is 0.0850. The summed E-state index contributed by atoms with van der Waals surface area (Å²) in [6, 6.07) is 3.89. The summed E-state index contributed by atoms with van der Waals surface area (Å²) in [6.45, 7) is 4.77. The molecule has 1 aromatic heterocycles. The molecule has 0 bridgehead atoms. The number of ether oxygens (including phenoxy) is 1. The summed E-state index contributed by atoms with van der Waals surface area (Å²) in [7, 11) is 0. The Bertz CT molecular complexity index is 332. The van der Waals surface area contributed by atoms with Crippen molar-refractivity contribution in [3.8, 4) is 0 Å². The van der Waals surface area contributed by atoms with Gasteiger partial charge in [-0.2, -0.15) is 0 Å². The van der Waals surface area contributed by atoms with Crippen molar-refractivity contribution < 1.29 is 4.74 Å². The first-order chi connectivity index (χ1) is 8.21. The van der Waals surface area contributed by atoms with Crippen molar-refractivity contribution in [1.29, 1.82) is 0 Å². The molecule has 0 radical (unpaired) electrons. The molecule has 0 saturated heterocycles. The van der Waals surface area contributed by atoms with Crippen molar-refractivity contribution in [2.24, 2.45) is 5.84 Å². The van der Waals surface area contributed by atoms with E-state index in [0.717, 1.165) is 18.4 Å². The third-order valence-corrected chi connectivity index (χ3v) is 2.75. The van der Waals surface area contributed by atoms with E-state index in [-0.39, 0.29) is 12.1 Å². The average Bonchev–Trinajstić information content (AvgIpc) is 2.33. The number of nitrogen functional groups attached to an aromatic ring is 1. The van der Waals surface area contributed by atoms with Crippen LogP contribution in [-0.4, -0.2) is 23.7 Å². The Balaban J connectivity index is 2.68. The summed E-state index contributed by atoms with van der Waals surface area (Å²) < 4.78 is 5.66. The number of hydrazine groups is 1. The van der Waals surface area contributed by atoms with Crippen LogP contribution in [0, 0.1) is 0 Å². The fraction of sp³-hybridized carbons (Fsp3) is 0.583. The molecule has 0 spiro atoms. The molecule has 2 atom stereocenters. The molecule has 2 unspecified atom stereocenters. The predicted octanol–water partition coefficient (Wildman–Crippen LogP) is 0.853. The Morgan fingerprint density at radius 2 is 2.24 bits per heavy atom. The highest BCUT2D eigenvalue weighted by Crippen LogP contribution is 2.12. The zero-order valence-corrected chi connectivity index (χ0v) is 10.5. The first-order valence-electron chi connectivity index (χ1n) is 5.99. The van der Waals surface area contributed by atoms with Gasteiger partial charge in [0.25, 0.3) is 0 Å². The van der Waals surface area contributed by atoms with Crippen LogP contribution < -0.4 is 17.0 Å². The number of hydrogen-bond donors (Lipinski definition) is 3. The van der Waals surface area contributed by atoms with Crippen molar-refractivity contribution in [2.45, 2.75) is 38.8 Å². The van der Waals surface area contributed by atoms with E-state index < -0.39 is 0 Å². The number of nitrogens with two attached hydrogens (primary N) is 2. The van der Waals surface area contributed by atoms with E-state index >= 15 is 0 Å². The second kappa shape index (κ2) is 7.21. The molecule has 17 heavy (non-hydrogen) atoms. The van der Waals surface area contributed by atoms with Gasteiger partial charge in [-0.05, 0) is 37.5 Å². The van der Waals surface area contributed by atoms with Gasteiger partial charge in [-0.15, -0.1) is 0 Å². The third kappa shape index (κ3) is 4.30. The number of hydrogen-bond acceptors (Lipinski definition) is 5. The number of anilines is 1. The second-order valence-electron chi connectivity index (χ2n) is 3.97. The van der Waals surface area contributed by atoms with Gasteiger partial charge >= 0.3 is 0 Å². The van der Waals surface area contributed by atoms with E-state index in [4.69, 9.17) is 16.3 Å². The molecule has 1 rings (SSSR count). The molecule has 0 aliphatic carbocycles. The van der Waals surface area contributed by atoms with Gasteiger partial charge in [0.05, 0.1) is 12.1 Å². The molecule has 0 saturated carbocycles. The topological polar surface area (TPSA) is 86.2 Å². The smallest absolute Gasteiger partial charge is 0.123 e. The molecule has 1 aromatic rings. The SMILES string of the molecule is CCOC(CC)C(Cc1ccnc(N)c1)NN. The molecule has 0 aliphatic rings. The van der Waals surface area contributed by atoms with Crippen LogP contribution in [0.2, 0.25) is 0 Å². The highest BCUT2D eigenvalue weighted by molar-refractivity contribution is 5.32. The summed E-state index contributed by atoms with van der Waals surface area (Å²) in [5.74, 6) is 6.12. The molecule has 0 aliphatic heterocycles. The van der Waals surface area contributed by atoms with Gasteiger partial charge in [0.1, 0.15) is 5.82 Å². The maximum Gasteiger partial charge on any atom is 0.123 e. The lowest BCUT2D eigenvalue weighted by Gasteiger charge is -2.25. The fourth-order valence-electron chi connectivity index (χ4n) is 1.91. The Hall–Kier alpha value is -1.17. The van der Waals surface area contributed by atoms with Crippen molar-refractivity contribution in [1.82, 2.24) is 10.4 Å². The lowest BCUT2D eigenvalue weighted by molar-refractivity contribution is 0.0319. The van der Waals surface area contributed by atoms with Gasteiger partial charge in [0.2, 0.25) is 0 Å². The summed E-state index contributed by atoms with van der Waals surface area (Å²) >= 11 is 0. The summed E-state index contributed by atoms with van der Waals surface area (Å²) in [6.07, 6.45) is 3.52. The van der Waals surface area contributed by atoms with Crippen LogP contribution in [0.3, 0.4) is 0 Å². The Morgan fingerprint density at radius 1 is 1.47 bits per heavy atom. The molecule has 0 amide bonds. The Morgan fingerprint density at radius 3 is 2.76 bits per heavy atom. The highest BCUT2D eigenvalue weighted by atomic mass is 16.5. The predicted molar refractivity (Wildman–Crippen MR) is 69.2 cm³/mol.